The quantitative estimate of drug-likeness (QED) is 0.570. The molecular weight excluding hydrogens is 276 g/mol. The molecule has 1 heterocycles. The van der Waals surface area contributed by atoms with Gasteiger partial charge in [-0.1, -0.05) is 0 Å². The van der Waals surface area contributed by atoms with E-state index in [-0.39, 0.29) is 21.5 Å². The summed E-state index contributed by atoms with van der Waals surface area (Å²) in [6.07, 6.45) is 0. The maximum absolute atomic E-state index is 12.0. The number of rotatable bonds is 3. The Kier molecular flexibility index (Phi) is 3.09. The minimum absolute atomic E-state index is 0.00804. The van der Waals surface area contributed by atoms with E-state index >= 15 is 0 Å². The van der Waals surface area contributed by atoms with Crippen molar-refractivity contribution in [1.82, 2.24) is 9.36 Å². The zero-order valence-corrected chi connectivity index (χ0v) is 10.9. The predicted molar refractivity (Wildman–Crippen MR) is 68.0 cm³/mol. The zero-order valence-electron chi connectivity index (χ0n) is 9.28. The van der Waals surface area contributed by atoms with Gasteiger partial charge in [0.25, 0.3) is 10.0 Å². The first-order chi connectivity index (χ1) is 8.38. The highest BCUT2D eigenvalue weighted by Gasteiger charge is 2.17. The third kappa shape index (κ3) is 2.51. The van der Waals surface area contributed by atoms with Gasteiger partial charge in [0.2, 0.25) is 5.13 Å². The molecule has 0 amide bonds. The SMILES string of the molecule is Cc1nsc(NS(=O)(=O)c2ccc(O)c(N)c2)n1. The van der Waals surface area contributed by atoms with Crippen molar-refractivity contribution in [2.45, 2.75) is 11.8 Å². The average molecular weight is 286 g/mol. The van der Waals surface area contributed by atoms with E-state index in [1.807, 2.05) is 0 Å². The van der Waals surface area contributed by atoms with Crippen LogP contribution < -0.4 is 10.5 Å². The van der Waals surface area contributed by atoms with Gasteiger partial charge in [0.1, 0.15) is 11.6 Å². The molecule has 1 aromatic heterocycles. The third-order valence-electron chi connectivity index (χ3n) is 2.06. The molecule has 0 aliphatic rings. The Balaban J connectivity index is 2.33. The van der Waals surface area contributed by atoms with Gasteiger partial charge in [-0.3, -0.25) is 4.72 Å². The molecule has 2 rings (SSSR count). The molecule has 2 aromatic rings. The molecule has 0 aliphatic heterocycles. The first-order valence-corrected chi connectivity index (χ1v) is 7.06. The molecule has 0 saturated heterocycles. The van der Waals surface area contributed by atoms with Gasteiger partial charge in [-0.2, -0.15) is 4.37 Å². The minimum atomic E-state index is -3.77. The molecule has 7 nitrogen and oxygen atoms in total. The summed E-state index contributed by atoms with van der Waals surface area (Å²) in [5.41, 5.74) is 5.44. The van der Waals surface area contributed by atoms with Crippen LogP contribution in [0.2, 0.25) is 0 Å². The number of nitrogens with zero attached hydrogens (tertiary/aromatic N) is 2. The van der Waals surface area contributed by atoms with Crippen molar-refractivity contribution in [2.24, 2.45) is 0 Å². The maximum atomic E-state index is 12.0. The van der Waals surface area contributed by atoms with Crippen LogP contribution in [0.3, 0.4) is 0 Å². The van der Waals surface area contributed by atoms with Gasteiger partial charge in [-0.05, 0) is 25.1 Å². The predicted octanol–water partition coefficient (Wildman–Crippen LogP) is 0.935. The molecule has 0 saturated carbocycles. The Bertz CT molecular complexity index is 681. The molecule has 0 radical (unpaired) electrons. The van der Waals surface area contributed by atoms with Crippen molar-refractivity contribution in [3.63, 3.8) is 0 Å². The van der Waals surface area contributed by atoms with E-state index in [1.54, 1.807) is 6.92 Å². The Morgan fingerprint density at radius 1 is 1.44 bits per heavy atom. The van der Waals surface area contributed by atoms with E-state index in [0.29, 0.717) is 5.82 Å². The number of aromatic hydroxyl groups is 1. The van der Waals surface area contributed by atoms with E-state index < -0.39 is 10.0 Å². The largest absolute Gasteiger partial charge is 0.506 e. The molecule has 0 bridgehead atoms. The topological polar surface area (TPSA) is 118 Å². The van der Waals surface area contributed by atoms with Crippen molar-refractivity contribution >= 4 is 32.4 Å². The standard InChI is InChI=1S/C9H10N4O3S2/c1-5-11-9(17-12-5)13-18(15,16)6-2-3-8(14)7(10)4-6/h2-4,14H,10H2,1H3,(H,11,12,13). The van der Waals surface area contributed by atoms with E-state index in [0.717, 1.165) is 11.5 Å². The third-order valence-corrected chi connectivity index (χ3v) is 4.25. The highest BCUT2D eigenvalue weighted by atomic mass is 32.2. The van der Waals surface area contributed by atoms with Crippen molar-refractivity contribution in [3.8, 4) is 5.75 Å². The number of phenols is 1. The Morgan fingerprint density at radius 2 is 2.17 bits per heavy atom. The van der Waals surface area contributed by atoms with E-state index in [9.17, 15) is 13.5 Å². The van der Waals surface area contributed by atoms with Gasteiger partial charge in [-0.25, -0.2) is 13.4 Å². The van der Waals surface area contributed by atoms with E-state index in [4.69, 9.17) is 5.73 Å². The van der Waals surface area contributed by atoms with Gasteiger partial charge >= 0.3 is 0 Å². The molecule has 9 heteroatoms. The van der Waals surface area contributed by atoms with Crippen LogP contribution in [-0.2, 0) is 10.0 Å². The van der Waals surface area contributed by atoms with Crippen molar-refractivity contribution in [3.05, 3.63) is 24.0 Å². The van der Waals surface area contributed by atoms with Crippen molar-refractivity contribution in [2.75, 3.05) is 10.5 Å². The number of hydrogen-bond donors (Lipinski definition) is 3. The number of aryl methyl sites for hydroxylation is 1. The van der Waals surface area contributed by atoms with Crippen LogP contribution in [0.5, 0.6) is 5.75 Å². The molecule has 0 atom stereocenters. The van der Waals surface area contributed by atoms with Gasteiger partial charge in [0, 0.05) is 11.5 Å². The summed E-state index contributed by atoms with van der Waals surface area (Å²) in [5.74, 6) is 0.323. The number of aromatic nitrogens is 2. The smallest absolute Gasteiger partial charge is 0.263 e. The maximum Gasteiger partial charge on any atom is 0.263 e. The van der Waals surface area contributed by atoms with Crippen molar-refractivity contribution < 1.29 is 13.5 Å². The van der Waals surface area contributed by atoms with Gasteiger partial charge < -0.3 is 10.8 Å². The second kappa shape index (κ2) is 4.42. The summed E-state index contributed by atoms with van der Waals surface area (Å²) in [6, 6.07) is 3.64. The lowest BCUT2D eigenvalue weighted by Gasteiger charge is -2.06. The number of phenolic OH excluding ortho intramolecular Hbond substituents is 1. The van der Waals surface area contributed by atoms with Crippen LogP contribution in [0.15, 0.2) is 23.1 Å². The van der Waals surface area contributed by atoms with Crippen LogP contribution in [0.4, 0.5) is 10.8 Å². The summed E-state index contributed by atoms with van der Waals surface area (Å²) in [5, 5.41) is 9.42. The number of sulfonamides is 1. The molecule has 4 N–H and O–H groups in total. The Morgan fingerprint density at radius 3 is 2.72 bits per heavy atom. The minimum Gasteiger partial charge on any atom is -0.506 e. The first kappa shape index (κ1) is 12.6. The summed E-state index contributed by atoms with van der Waals surface area (Å²) < 4.78 is 30.1. The fraction of sp³-hybridized carbons (Fsp3) is 0.111. The lowest BCUT2D eigenvalue weighted by atomic mass is 10.3. The highest BCUT2D eigenvalue weighted by Crippen LogP contribution is 2.24. The monoisotopic (exact) mass is 286 g/mol. The van der Waals surface area contributed by atoms with Crippen molar-refractivity contribution in [1.29, 1.82) is 0 Å². The number of nitrogen functional groups attached to an aromatic ring is 1. The number of nitrogens with two attached hydrogens (primary N) is 1. The fourth-order valence-electron chi connectivity index (χ4n) is 1.21. The highest BCUT2D eigenvalue weighted by molar-refractivity contribution is 7.93. The number of nitrogens with one attached hydrogen (secondary N) is 1. The molecule has 1 aromatic carbocycles. The lowest BCUT2D eigenvalue weighted by molar-refractivity contribution is 0.477. The molecule has 0 unspecified atom stereocenters. The van der Waals surface area contributed by atoms with E-state index in [2.05, 4.69) is 14.1 Å². The number of benzene rings is 1. The Hall–Kier alpha value is -1.87. The number of anilines is 2. The normalized spacial score (nSPS) is 11.4. The molecule has 0 fully saturated rings. The molecule has 0 spiro atoms. The first-order valence-electron chi connectivity index (χ1n) is 4.80. The molecule has 96 valence electrons. The van der Waals surface area contributed by atoms with Crippen LogP contribution in [-0.4, -0.2) is 22.9 Å². The van der Waals surface area contributed by atoms with Crippen LogP contribution in [0, 0.1) is 6.92 Å². The lowest BCUT2D eigenvalue weighted by Crippen LogP contribution is -2.13. The summed E-state index contributed by atoms with van der Waals surface area (Å²) in [4.78, 5) is 3.85. The van der Waals surface area contributed by atoms with Gasteiger partial charge in [0.05, 0.1) is 10.6 Å². The van der Waals surface area contributed by atoms with Gasteiger partial charge in [-0.15, -0.1) is 0 Å². The van der Waals surface area contributed by atoms with E-state index in [1.165, 1.54) is 18.2 Å². The Labute approximate surface area is 108 Å². The second-order valence-corrected chi connectivity index (χ2v) is 5.91. The van der Waals surface area contributed by atoms with Crippen LogP contribution >= 0.6 is 11.5 Å². The fourth-order valence-corrected chi connectivity index (χ4v) is 3.05. The van der Waals surface area contributed by atoms with Crippen LogP contribution in [0.1, 0.15) is 5.82 Å². The second-order valence-electron chi connectivity index (χ2n) is 3.47. The molecule has 0 aliphatic carbocycles. The molecular formula is C9H10N4O3S2. The summed E-state index contributed by atoms with van der Waals surface area (Å²) >= 11 is 0.946. The summed E-state index contributed by atoms with van der Waals surface area (Å²) in [7, 11) is -3.77. The molecule has 18 heavy (non-hydrogen) atoms. The average Bonchev–Trinajstić information content (AvgIpc) is 2.67. The zero-order chi connectivity index (χ0) is 13.3. The number of hydrogen-bond acceptors (Lipinski definition) is 7. The van der Waals surface area contributed by atoms with Gasteiger partial charge in [0.15, 0.2) is 0 Å². The summed E-state index contributed by atoms with van der Waals surface area (Å²) in [6.45, 7) is 1.66. The van der Waals surface area contributed by atoms with Crippen LogP contribution in [0.25, 0.3) is 0 Å².